The molecule has 2 unspecified atom stereocenters. The fourth-order valence-corrected chi connectivity index (χ4v) is 0.720. The summed E-state index contributed by atoms with van der Waals surface area (Å²) in [7, 11) is 3.96. The van der Waals surface area contributed by atoms with Crippen molar-refractivity contribution in [1.82, 2.24) is 16.0 Å². The van der Waals surface area contributed by atoms with Crippen LogP contribution < -0.4 is 16.0 Å². The van der Waals surface area contributed by atoms with Crippen molar-refractivity contribution in [3.8, 4) is 0 Å². The van der Waals surface area contributed by atoms with Crippen molar-refractivity contribution in [2.24, 2.45) is 0 Å². The molecule has 0 rings (SSSR count). The van der Waals surface area contributed by atoms with E-state index in [0.717, 1.165) is 13.1 Å². The summed E-state index contributed by atoms with van der Waals surface area (Å²) in [6, 6.07) is 1.11. The molecule has 0 aliphatic carbocycles. The molecule has 3 nitrogen and oxygen atoms in total. The Bertz CT molecular complexity index is 75.4. The van der Waals surface area contributed by atoms with Gasteiger partial charge in [-0.15, -0.1) is 0 Å². The molecule has 0 spiro atoms. The number of rotatable bonds is 6. The summed E-state index contributed by atoms with van der Waals surface area (Å²) >= 11 is 0. The molecule has 3 N–H and O–H groups in total. The minimum absolute atomic E-state index is 0.555. The Morgan fingerprint density at radius 3 is 1.55 bits per heavy atom. The van der Waals surface area contributed by atoms with Crippen LogP contribution in [0.5, 0.6) is 0 Å². The van der Waals surface area contributed by atoms with Gasteiger partial charge in [0.25, 0.3) is 0 Å². The van der Waals surface area contributed by atoms with E-state index in [0.29, 0.717) is 12.1 Å². The monoisotopic (exact) mass is 159 g/mol. The molecule has 68 valence electrons. The zero-order chi connectivity index (χ0) is 8.69. The summed E-state index contributed by atoms with van der Waals surface area (Å²) in [5.74, 6) is 0. The van der Waals surface area contributed by atoms with Crippen molar-refractivity contribution in [3.63, 3.8) is 0 Å². The maximum atomic E-state index is 3.36. The molecule has 0 bridgehead atoms. The van der Waals surface area contributed by atoms with E-state index >= 15 is 0 Å². The fraction of sp³-hybridized carbons (Fsp3) is 1.00. The van der Waals surface area contributed by atoms with Gasteiger partial charge in [0.15, 0.2) is 0 Å². The minimum atomic E-state index is 0.555. The number of nitrogens with one attached hydrogen (secondary N) is 3. The fourth-order valence-electron chi connectivity index (χ4n) is 0.720. The second kappa shape index (κ2) is 6.58. The van der Waals surface area contributed by atoms with Gasteiger partial charge in [0.05, 0.1) is 0 Å². The quantitative estimate of drug-likeness (QED) is 0.502. The van der Waals surface area contributed by atoms with Gasteiger partial charge in [-0.2, -0.15) is 0 Å². The summed E-state index contributed by atoms with van der Waals surface area (Å²) in [6.07, 6.45) is 0. The van der Waals surface area contributed by atoms with Gasteiger partial charge < -0.3 is 16.0 Å². The Labute approximate surface area is 69.9 Å². The third kappa shape index (κ3) is 6.28. The molecule has 0 saturated heterocycles. The van der Waals surface area contributed by atoms with Gasteiger partial charge in [-0.25, -0.2) is 0 Å². The standard InChI is InChI=1S/C8H21N3/c1-7(9-3)5-11-6-8(2)10-4/h7-11H,5-6H2,1-4H3. The molecule has 0 radical (unpaired) electrons. The van der Waals surface area contributed by atoms with Crippen molar-refractivity contribution in [2.45, 2.75) is 25.9 Å². The van der Waals surface area contributed by atoms with Gasteiger partial charge in [0.1, 0.15) is 0 Å². The van der Waals surface area contributed by atoms with Crippen molar-refractivity contribution in [3.05, 3.63) is 0 Å². The van der Waals surface area contributed by atoms with Gasteiger partial charge in [0.2, 0.25) is 0 Å². The van der Waals surface area contributed by atoms with E-state index in [1.807, 2.05) is 14.1 Å². The Morgan fingerprint density at radius 2 is 1.27 bits per heavy atom. The second-order valence-corrected chi connectivity index (χ2v) is 3.04. The summed E-state index contributed by atoms with van der Waals surface area (Å²) in [5.41, 5.74) is 0. The van der Waals surface area contributed by atoms with Crippen LogP contribution in [-0.2, 0) is 0 Å². The molecule has 0 fully saturated rings. The smallest absolute Gasteiger partial charge is 0.0161 e. The molecule has 0 aliphatic rings. The topological polar surface area (TPSA) is 36.1 Å². The number of hydrogen-bond acceptors (Lipinski definition) is 3. The van der Waals surface area contributed by atoms with E-state index in [-0.39, 0.29) is 0 Å². The molecule has 0 saturated carbocycles. The molecule has 0 heterocycles. The first-order valence-corrected chi connectivity index (χ1v) is 4.26. The molecular weight excluding hydrogens is 138 g/mol. The van der Waals surface area contributed by atoms with Gasteiger partial charge in [-0.1, -0.05) is 0 Å². The molecule has 0 amide bonds. The lowest BCUT2D eigenvalue weighted by molar-refractivity contribution is 0.493. The Balaban J connectivity index is 3.13. The Kier molecular flexibility index (Phi) is 6.51. The van der Waals surface area contributed by atoms with Crippen LogP contribution in [-0.4, -0.2) is 39.3 Å². The highest BCUT2D eigenvalue weighted by Gasteiger charge is 1.99. The van der Waals surface area contributed by atoms with Crippen LogP contribution in [0.4, 0.5) is 0 Å². The largest absolute Gasteiger partial charge is 0.316 e. The van der Waals surface area contributed by atoms with Crippen molar-refractivity contribution in [1.29, 1.82) is 0 Å². The molecule has 0 aromatic rings. The first-order valence-electron chi connectivity index (χ1n) is 4.26. The van der Waals surface area contributed by atoms with E-state index in [1.54, 1.807) is 0 Å². The second-order valence-electron chi connectivity index (χ2n) is 3.04. The lowest BCUT2D eigenvalue weighted by atomic mass is 10.3. The minimum Gasteiger partial charge on any atom is -0.316 e. The third-order valence-electron chi connectivity index (χ3n) is 1.89. The van der Waals surface area contributed by atoms with Crippen molar-refractivity contribution < 1.29 is 0 Å². The van der Waals surface area contributed by atoms with Gasteiger partial charge in [-0.05, 0) is 27.9 Å². The van der Waals surface area contributed by atoms with E-state index < -0.39 is 0 Å². The summed E-state index contributed by atoms with van der Waals surface area (Å²) in [5, 5.41) is 9.71. The van der Waals surface area contributed by atoms with Gasteiger partial charge >= 0.3 is 0 Å². The predicted molar refractivity (Wildman–Crippen MR) is 49.9 cm³/mol. The summed E-state index contributed by atoms with van der Waals surface area (Å²) in [6.45, 7) is 6.39. The van der Waals surface area contributed by atoms with Crippen molar-refractivity contribution >= 4 is 0 Å². The van der Waals surface area contributed by atoms with E-state index in [4.69, 9.17) is 0 Å². The molecule has 2 atom stereocenters. The highest BCUT2D eigenvalue weighted by molar-refractivity contribution is 4.65. The highest BCUT2D eigenvalue weighted by Crippen LogP contribution is 1.78. The highest BCUT2D eigenvalue weighted by atomic mass is 15.0. The van der Waals surface area contributed by atoms with Crippen LogP contribution in [0.25, 0.3) is 0 Å². The maximum Gasteiger partial charge on any atom is 0.0161 e. The summed E-state index contributed by atoms with van der Waals surface area (Å²) < 4.78 is 0. The SMILES string of the molecule is CNC(C)CNCC(C)NC. The third-order valence-corrected chi connectivity index (χ3v) is 1.89. The Morgan fingerprint density at radius 1 is 0.909 bits per heavy atom. The summed E-state index contributed by atoms with van der Waals surface area (Å²) in [4.78, 5) is 0. The van der Waals surface area contributed by atoms with Crippen LogP contribution in [0.3, 0.4) is 0 Å². The van der Waals surface area contributed by atoms with Crippen LogP contribution in [0.2, 0.25) is 0 Å². The molecular formula is C8H21N3. The predicted octanol–water partition coefficient (Wildman–Crippen LogP) is -0.208. The number of likely N-dealkylation sites (N-methyl/N-ethyl adjacent to an activating group) is 2. The first kappa shape index (κ1) is 10.9. The Hall–Kier alpha value is -0.120. The van der Waals surface area contributed by atoms with Crippen LogP contribution in [0.15, 0.2) is 0 Å². The average Bonchev–Trinajstić information content (AvgIpc) is 2.04. The molecule has 11 heavy (non-hydrogen) atoms. The van der Waals surface area contributed by atoms with Crippen LogP contribution in [0, 0.1) is 0 Å². The molecule has 0 aromatic heterocycles. The zero-order valence-electron chi connectivity index (χ0n) is 8.07. The van der Waals surface area contributed by atoms with Crippen molar-refractivity contribution in [2.75, 3.05) is 27.2 Å². The van der Waals surface area contributed by atoms with E-state index in [2.05, 4.69) is 29.8 Å². The average molecular weight is 159 g/mol. The normalized spacial score (nSPS) is 16.4. The maximum absolute atomic E-state index is 3.36. The lowest BCUT2D eigenvalue weighted by Crippen LogP contribution is -2.40. The van der Waals surface area contributed by atoms with Crippen LogP contribution >= 0.6 is 0 Å². The first-order chi connectivity index (χ1) is 5.20. The van der Waals surface area contributed by atoms with Gasteiger partial charge in [0, 0.05) is 25.2 Å². The lowest BCUT2D eigenvalue weighted by Gasteiger charge is -2.14. The van der Waals surface area contributed by atoms with E-state index in [1.165, 1.54) is 0 Å². The van der Waals surface area contributed by atoms with Crippen LogP contribution in [0.1, 0.15) is 13.8 Å². The van der Waals surface area contributed by atoms with Gasteiger partial charge in [-0.3, -0.25) is 0 Å². The molecule has 0 aliphatic heterocycles. The number of hydrogen-bond donors (Lipinski definition) is 3. The molecule has 0 aromatic carbocycles. The zero-order valence-corrected chi connectivity index (χ0v) is 8.07. The van der Waals surface area contributed by atoms with E-state index in [9.17, 15) is 0 Å². The molecule has 3 heteroatoms.